The molecule has 1 aromatic carbocycles. The molecule has 0 fully saturated rings. The van der Waals surface area contributed by atoms with E-state index in [0.29, 0.717) is 12.0 Å². The van der Waals surface area contributed by atoms with Crippen molar-refractivity contribution in [3.63, 3.8) is 0 Å². The molecule has 2 aromatic rings. The van der Waals surface area contributed by atoms with Gasteiger partial charge < -0.3 is 5.11 Å². The van der Waals surface area contributed by atoms with Gasteiger partial charge in [0.05, 0.1) is 23.4 Å². The van der Waals surface area contributed by atoms with Crippen molar-refractivity contribution in [2.24, 2.45) is 7.05 Å². The summed E-state index contributed by atoms with van der Waals surface area (Å²) >= 11 is 0. The first-order valence-electron chi connectivity index (χ1n) is 5.22. The molecule has 5 nitrogen and oxygen atoms in total. The van der Waals surface area contributed by atoms with Gasteiger partial charge in [-0.3, -0.25) is 4.68 Å². The summed E-state index contributed by atoms with van der Waals surface area (Å²) < 4.78 is 1.59. The van der Waals surface area contributed by atoms with Crippen LogP contribution in [0, 0.1) is 11.3 Å². The molecule has 0 saturated heterocycles. The van der Waals surface area contributed by atoms with Gasteiger partial charge in [0.15, 0.2) is 0 Å². The molecule has 17 heavy (non-hydrogen) atoms. The summed E-state index contributed by atoms with van der Waals surface area (Å²) in [6, 6.07) is 8.99. The standard InChI is InChI=1S/C12H12N4O/c1-16-8-11(14-15-16)6-12(17)10-4-2-3-9(5-10)7-13/h2-5,8,12,17H,6H2,1H3. The highest BCUT2D eigenvalue weighted by Gasteiger charge is 2.11. The molecule has 5 heteroatoms. The molecule has 1 atom stereocenters. The number of nitrogens with zero attached hydrogens (tertiary/aromatic N) is 4. The van der Waals surface area contributed by atoms with Gasteiger partial charge in [0, 0.05) is 19.7 Å². The summed E-state index contributed by atoms with van der Waals surface area (Å²) in [5.74, 6) is 0. The third-order valence-electron chi connectivity index (χ3n) is 2.45. The fraction of sp³-hybridized carbons (Fsp3) is 0.250. The van der Waals surface area contributed by atoms with Crippen molar-refractivity contribution >= 4 is 0 Å². The van der Waals surface area contributed by atoms with Crippen LogP contribution in [0.1, 0.15) is 22.9 Å². The summed E-state index contributed by atoms with van der Waals surface area (Å²) in [5, 5.41) is 26.5. The topological polar surface area (TPSA) is 74.7 Å². The van der Waals surface area contributed by atoms with E-state index in [0.717, 1.165) is 11.3 Å². The zero-order chi connectivity index (χ0) is 12.3. The number of aliphatic hydroxyl groups excluding tert-OH is 1. The maximum atomic E-state index is 10.0. The van der Waals surface area contributed by atoms with Crippen molar-refractivity contribution in [3.8, 4) is 6.07 Å². The number of aryl methyl sites for hydroxylation is 1. The summed E-state index contributed by atoms with van der Waals surface area (Å²) in [5.41, 5.74) is 1.98. The van der Waals surface area contributed by atoms with Gasteiger partial charge in [-0.1, -0.05) is 17.3 Å². The van der Waals surface area contributed by atoms with E-state index in [-0.39, 0.29) is 0 Å². The van der Waals surface area contributed by atoms with E-state index in [9.17, 15) is 5.11 Å². The first-order chi connectivity index (χ1) is 8.19. The van der Waals surface area contributed by atoms with Gasteiger partial charge in [-0.25, -0.2) is 0 Å². The van der Waals surface area contributed by atoms with Crippen molar-refractivity contribution < 1.29 is 5.11 Å². The van der Waals surface area contributed by atoms with Gasteiger partial charge in [0.1, 0.15) is 0 Å². The van der Waals surface area contributed by atoms with Gasteiger partial charge >= 0.3 is 0 Å². The molecule has 0 amide bonds. The normalized spacial score (nSPS) is 12.1. The van der Waals surface area contributed by atoms with Gasteiger partial charge in [0.25, 0.3) is 0 Å². The number of hydrogen-bond acceptors (Lipinski definition) is 4. The highest BCUT2D eigenvalue weighted by Crippen LogP contribution is 2.17. The molecule has 2 rings (SSSR count). The first kappa shape index (κ1) is 11.3. The van der Waals surface area contributed by atoms with Crippen molar-refractivity contribution in [1.29, 1.82) is 5.26 Å². The molecule has 0 radical (unpaired) electrons. The maximum absolute atomic E-state index is 10.0. The third kappa shape index (κ3) is 2.68. The number of aliphatic hydroxyl groups is 1. The van der Waals surface area contributed by atoms with Gasteiger partial charge in [-0.05, 0) is 17.7 Å². The average molecular weight is 228 g/mol. The minimum atomic E-state index is -0.667. The summed E-state index contributed by atoms with van der Waals surface area (Å²) in [6.45, 7) is 0. The van der Waals surface area contributed by atoms with E-state index in [2.05, 4.69) is 10.3 Å². The van der Waals surface area contributed by atoms with Gasteiger partial charge in [-0.15, -0.1) is 5.10 Å². The maximum Gasteiger partial charge on any atom is 0.0991 e. The Morgan fingerprint density at radius 3 is 3.00 bits per heavy atom. The van der Waals surface area contributed by atoms with Crippen molar-refractivity contribution in [1.82, 2.24) is 15.0 Å². The number of benzene rings is 1. The largest absolute Gasteiger partial charge is 0.388 e. The van der Waals surface area contributed by atoms with Crippen molar-refractivity contribution in [2.75, 3.05) is 0 Å². The highest BCUT2D eigenvalue weighted by molar-refractivity contribution is 5.34. The fourth-order valence-electron chi connectivity index (χ4n) is 1.62. The number of nitriles is 1. The minimum absolute atomic E-state index is 0.392. The second-order valence-corrected chi connectivity index (χ2v) is 3.84. The predicted molar refractivity (Wildman–Crippen MR) is 60.8 cm³/mol. The number of aromatic nitrogens is 3. The summed E-state index contributed by atoms with van der Waals surface area (Å²) in [4.78, 5) is 0. The number of hydrogen-bond donors (Lipinski definition) is 1. The Morgan fingerprint density at radius 2 is 2.35 bits per heavy atom. The molecule has 0 saturated carbocycles. The zero-order valence-corrected chi connectivity index (χ0v) is 9.41. The van der Waals surface area contributed by atoms with Crippen LogP contribution in [0.15, 0.2) is 30.5 Å². The van der Waals surface area contributed by atoms with E-state index in [1.54, 1.807) is 42.2 Å². The lowest BCUT2D eigenvalue weighted by molar-refractivity contribution is 0.177. The molecule has 0 aliphatic rings. The van der Waals surface area contributed by atoms with Crippen LogP contribution >= 0.6 is 0 Å². The first-order valence-corrected chi connectivity index (χ1v) is 5.22. The van der Waals surface area contributed by atoms with Gasteiger partial charge in [0.2, 0.25) is 0 Å². The summed E-state index contributed by atoms with van der Waals surface area (Å²) in [6.07, 6.45) is 1.49. The fourth-order valence-corrected chi connectivity index (χ4v) is 1.62. The molecule has 0 spiro atoms. The van der Waals surface area contributed by atoms with E-state index >= 15 is 0 Å². The second kappa shape index (κ2) is 4.76. The van der Waals surface area contributed by atoms with Crippen LogP contribution in [0.25, 0.3) is 0 Å². The highest BCUT2D eigenvalue weighted by atomic mass is 16.3. The van der Waals surface area contributed by atoms with Crippen LogP contribution in [0.5, 0.6) is 0 Å². The molecule has 86 valence electrons. The third-order valence-corrected chi connectivity index (χ3v) is 2.45. The Kier molecular flexibility index (Phi) is 3.17. The van der Waals surface area contributed by atoms with Gasteiger partial charge in [-0.2, -0.15) is 5.26 Å². The minimum Gasteiger partial charge on any atom is -0.388 e. The molecular formula is C12H12N4O. The molecule has 0 aliphatic heterocycles. The van der Waals surface area contributed by atoms with Crippen LogP contribution in [-0.4, -0.2) is 20.1 Å². The Morgan fingerprint density at radius 1 is 1.53 bits per heavy atom. The predicted octanol–water partition coefficient (Wildman–Crippen LogP) is 0.963. The number of rotatable bonds is 3. The van der Waals surface area contributed by atoms with Crippen molar-refractivity contribution in [2.45, 2.75) is 12.5 Å². The molecule has 0 aliphatic carbocycles. The monoisotopic (exact) mass is 228 g/mol. The molecule has 1 unspecified atom stereocenters. The Hall–Kier alpha value is -2.19. The van der Waals surface area contributed by atoms with Crippen LogP contribution in [0.2, 0.25) is 0 Å². The lowest BCUT2D eigenvalue weighted by Crippen LogP contribution is -2.02. The average Bonchev–Trinajstić information content (AvgIpc) is 2.75. The molecule has 1 aromatic heterocycles. The Labute approximate surface area is 98.9 Å². The smallest absolute Gasteiger partial charge is 0.0991 e. The van der Waals surface area contributed by atoms with Crippen LogP contribution in [0.4, 0.5) is 0 Å². The van der Waals surface area contributed by atoms with Crippen LogP contribution < -0.4 is 0 Å². The SMILES string of the molecule is Cn1cc(CC(O)c2cccc(C#N)c2)nn1. The lowest BCUT2D eigenvalue weighted by atomic mass is 10.0. The second-order valence-electron chi connectivity index (χ2n) is 3.84. The van der Waals surface area contributed by atoms with E-state index in [4.69, 9.17) is 5.26 Å². The molecule has 1 N–H and O–H groups in total. The molecular weight excluding hydrogens is 216 g/mol. The van der Waals surface area contributed by atoms with E-state index in [1.807, 2.05) is 6.07 Å². The molecule has 0 bridgehead atoms. The van der Waals surface area contributed by atoms with E-state index < -0.39 is 6.10 Å². The quantitative estimate of drug-likeness (QED) is 0.849. The Balaban J connectivity index is 2.14. The van der Waals surface area contributed by atoms with Crippen molar-refractivity contribution in [3.05, 3.63) is 47.3 Å². The molecule has 1 heterocycles. The zero-order valence-electron chi connectivity index (χ0n) is 9.41. The Bertz CT molecular complexity index is 556. The van der Waals surface area contributed by atoms with E-state index in [1.165, 1.54) is 0 Å². The van der Waals surface area contributed by atoms with Crippen LogP contribution in [-0.2, 0) is 13.5 Å². The van der Waals surface area contributed by atoms with Crippen LogP contribution in [0.3, 0.4) is 0 Å². The lowest BCUT2D eigenvalue weighted by Gasteiger charge is -2.08. The summed E-state index contributed by atoms with van der Waals surface area (Å²) in [7, 11) is 1.78.